The van der Waals surface area contributed by atoms with E-state index in [4.69, 9.17) is 14.2 Å². The molecule has 3 heteroatoms. The van der Waals surface area contributed by atoms with Gasteiger partial charge in [0.1, 0.15) is 36.6 Å². The molecule has 0 fully saturated rings. The van der Waals surface area contributed by atoms with E-state index in [9.17, 15) is 0 Å². The van der Waals surface area contributed by atoms with E-state index in [0.29, 0.717) is 0 Å². The number of ether oxygens (including phenoxy) is 3. The smallest absolute Gasteiger partial charge is 0.102 e. The summed E-state index contributed by atoms with van der Waals surface area (Å²) >= 11 is 0. The van der Waals surface area contributed by atoms with Gasteiger partial charge in [0.05, 0.1) is 0 Å². The molecule has 39 heavy (non-hydrogen) atoms. The van der Waals surface area contributed by atoms with Crippen molar-refractivity contribution in [2.24, 2.45) is 0 Å². The number of benzene rings is 4. The van der Waals surface area contributed by atoms with Crippen molar-refractivity contribution in [3.05, 3.63) is 143 Å². The lowest BCUT2D eigenvalue weighted by atomic mass is 9.87. The Labute approximate surface area is 226 Å². The molecule has 6 atom stereocenters. The quantitative estimate of drug-likeness (QED) is 0.261. The Morgan fingerprint density at radius 3 is 0.872 bits per heavy atom. The molecule has 0 amide bonds. The van der Waals surface area contributed by atoms with Gasteiger partial charge in [-0.05, 0) is 103 Å². The van der Waals surface area contributed by atoms with Crippen molar-refractivity contribution in [2.75, 3.05) is 0 Å². The van der Waals surface area contributed by atoms with Gasteiger partial charge in [0, 0.05) is 0 Å². The van der Waals surface area contributed by atoms with E-state index in [2.05, 4.69) is 109 Å². The number of hydrogen-bond acceptors (Lipinski definition) is 3. The Hall–Kier alpha value is -4.02. The Bertz CT molecular complexity index is 1620. The van der Waals surface area contributed by atoms with Crippen molar-refractivity contribution in [1.82, 2.24) is 0 Å². The summed E-state index contributed by atoms with van der Waals surface area (Å²) < 4.78 is 18.3. The van der Waals surface area contributed by atoms with Gasteiger partial charge >= 0.3 is 0 Å². The fourth-order valence-electron chi connectivity index (χ4n) is 7.32. The molecule has 6 unspecified atom stereocenters. The lowest BCUT2D eigenvalue weighted by molar-refractivity contribution is 0.0877. The van der Waals surface area contributed by atoms with E-state index in [1.54, 1.807) is 0 Å². The largest absolute Gasteiger partial charge is 0.357 e. The Morgan fingerprint density at radius 2 is 0.564 bits per heavy atom. The van der Waals surface area contributed by atoms with Crippen molar-refractivity contribution in [3.8, 4) is 33.4 Å². The molecule has 0 aromatic heterocycles. The van der Waals surface area contributed by atoms with Gasteiger partial charge in [-0.2, -0.15) is 0 Å². The standard InChI is InChI=1S/C36H24O3/c1-4-25-28(34-10-7-31(25)37-34)16-19(1)22-13-23(20-2-5-26-29(17-20)35-11-8-32(26)38-35)15-24(14-22)21-3-6-27-30(18-21)36-12-9-33(27)39-36/h1-18,31-36H. The van der Waals surface area contributed by atoms with Crippen LogP contribution in [0.1, 0.15) is 70.0 Å². The van der Waals surface area contributed by atoms with Crippen LogP contribution in [0.3, 0.4) is 0 Å². The predicted molar refractivity (Wildman–Crippen MR) is 150 cm³/mol. The summed E-state index contributed by atoms with van der Waals surface area (Å²) in [7, 11) is 0. The third-order valence-electron chi connectivity index (χ3n) is 9.29. The van der Waals surface area contributed by atoms with E-state index in [0.717, 1.165) is 0 Å². The molecule has 3 nitrogen and oxygen atoms in total. The molecule has 6 aliphatic rings. The molecule has 0 N–H and O–H groups in total. The van der Waals surface area contributed by atoms with Crippen molar-refractivity contribution in [3.63, 3.8) is 0 Å². The van der Waals surface area contributed by atoms with Crippen LogP contribution in [-0.2, 0) is 14.2 Å². The summed E-state index contributed by atoms with van der Waals surface area (Å²) in [5.74, 6) is 0. The summed E-state index contributed by atoms with van der Waals surface area (Å²) in [6, 6.07) is 27.5. The first kappa shape index (κ1) is 20.9. The second-order valence-corrected chi connectivity index (χ2v) is 11.4. The molecule has 186 valence electrons. The van der Waals surface area contributed by atoms with E-state index in [-0.39, 0.29) is 36.6 Å². The molecule has 4 aromatic rings. The lowest BCUT2D eigenvalue weighted by Gasteiger charge is -2.16. The summed E-state index contributed by atoms with van der Waals surface area (Å²) in [6.45, 7) is 0. The van der Waals surface area contributed by atoms with Gasteiger partial charge in [0.2, 0.25) is 0 Å². The molecule has 0 aliphatic carbocycles. The van der Waals surface area contributed by atoms with Crippen LogP contribution < -0.4 is 0 Å². The fraction of sp³-hybridized carbons (Fsp3) is 0.167. The molecule has 6 aliphatic heterocycles. The van der Waals surface area contributed by atoms with Crippen LogP contribution in [-0.4, -0.2) is 0 Å². The first-order chi connectivity index (χ1) is 19.2. The van der Waals surface area contributed by atoms with Crippen LogP contribution in [0.4, 0.5) is 0 Å². The molecular weight excluding hydrogens is 480 g/mol. The summed E-state index contributed by atoms with van der Waals surface area (Å²) in [6.07, 6.45) is 13.6. The van der Waals surface area contributed by atoms with Crippen LogP contribution in [0.25, 0.3) is 33.4 Å². The monoisotopic (exact) mass is 504 g/mol. The molecular formula is C36H24O3. The number of fused-ring (bicyclic) bond motifs is 15. The topological polar surface area (TPSA) is 27.7 Å². The molecule has 0 radical (unpaired) electrons. The molecule has 10 rings (SSSR count). The molecule has 0 saturated carbocycles. The highest BCUT2D eigenvalue weighted by Gasteiger charge is 2.35. The molecule has 6 heterocycles. The molecule has 4 aromatic carbocycles. The van der Waals surface area contributed by atoms with Gasteiger partial charge in [-0.1, -0.05) is 72.9 Å². The second-order valence-electron chi connectivity index (χ2n) is 11.4. The Morgan fingerprint density at radius 1 is 0.282 bits per heavy atom. The minimum absolute atomic E-state index is 0.0768. The lowest BCUT2D eigenvalue weighted by Crippen LogP contribution is -1.96. The van der Waals surface area contributed by atoms with Crippen molar-refractivity contribution < 1.29 is 14.2 Å². The fourth-order valence-corrected chi connectivity index (χ4v) is 7.32. The average Bonchev–Trinajstić information content (AvgIpc) is 3.84. The second kappa shape index (κ2) is 7.34. The minimum Gasteiger partial charge on any atom is -0.357 e. The van der Waals surface area contributed by atoms with E-state index in [1.807, 2.05) is 0 Å². The van der Waals surface area contributed by atoms with E-state index in [1.165, 1.54) is 66.8 Å². The first-order valence-electron chi connectivity index (χ1n) is 13.8. The highest BCUT2D eigenvalue weighted by molar-refractivity contribution is 5.82. The Kier molecular flexibility index (Phi) is 3.93. The average molecular weight is 505 g/mol. The van der Waals surface area contributed by atoms with Gasteiger partial charge in [-0.3, -0.25) is 0 Å². The van der Waals surface area contributed by atoms with Crippen LogP contribution >= 0.6 is 0 Å². The third kappa shape index (κ3) is 2.87. The van der Waals surface area contributed by atoms with Crippen molar-refractivity contribution in [2.45, 2.75) is 36.6 Å². The van der Waals surface area contributed by atoms with E-state index >= 15 is 0 Å². The maximum absolute atomic E-state index is 6.11. The van der Waals surface area contributed by atoms with Crippen LogP contribution in [0.5, 0.6) is 0 Å². The van der Waals surface area contributed by atoms with Crippen molar-refractivity contribution >= 4 is 0 Å². The molecule has 0 saturated heterocycles. The third-order valence-corrected chi connectivity index (χ3v) is 9.29. The molecule has 6 bridgehead atoms. The highest BCUT2D eigenvalue weighted by atomic mass is 16.5. The zero-order chi connectivity index (χ0) is 25.2. The SMILES string of the molecule is C1=CC2OC1c1ccc(-c3cc(-c4ccc5c(c4)C4C=CC5O4)cc(-c4ccc5c(c4)C4C=CC5O4)c3)cc12. The van der Waals surface area contributed by atoms with Gasteiger partial charge in [-0.25, -0.2) is 0 Å². The Balaban J connectivity index is 1.14. The summed E-state index contributed by atoms with van der Waals surface area (Å²) in [5.41, 5.74) is 15.1. The van der Waals surface area contributed by atoms with Gasteiger partial charge in [0.15, 0.2) is 0 Å². The zero-order valence-electron chi connectivity index (χ0n) is 21.1. The predicted octanol–water partition coefficient (Wildman–Crippen LogP) is 8.73. The van der Waals surface area contributed by atoms with Crippen LogP contribution in [0.2, 0.25) is 0 Å². The normalized spacial score (nSPS) is 28.9. The van der Waals surface area contributed by atoms with E-state index < -0.39 is 0 Å². The maximum atomic E-state index is 6.11. The van der Waals surface area contributed by atoms with Gasteiger partial charge in [-0.15, -0.1) is 0 Å². The number of hydrogen-bond donors (Lipinski definition) is 0. The summed E-state index contributed by atoms with van der Waals surface area (Å²) in [5, 5.41) is 0. The van der Waals surface area contributed by atoms with Crippen LogP contribution in [0, 0.1) is 0 Å². The first-order valence-corrected chi connectivity index (χ1v) is 13.8. The highest BCUT2D eigenvalue weighted by Crippen LogP contribution is 2.50. The summed E-state index contributed by atoms with van der Waals surface area (Å²) in [4.78, 5) is 0. The maximum Gasteiger partial charge on any atom is 0.102 e. The number of rotatable bonds is 3. The van der Waals surface area contributed by atoms with Crippen LogP contribution in [0.15, 0.2) is 109 Å². The molecule has 0 spiro atoms. The minimum atomic E-state index is 0.0768. The van der Waals surface area contributed by atoms with Gasteiger partial charge < -0.3 is 14.2 Å². The van der Waals surface area contributed by atoms with Gasteiger partial charge in [0.25, 0.3) is 0 Å². The van der Waals surface area contributed by atoms with Crippen molar-refractivity contribution in [1.29, 1.82) is 0 Å². The zero-order valence-corrected chi connectivity index (χ0v) is 21.1.